The Balaban J connectivity index is 2.60. The summed E-state index contributed by atoms with van der Waals surface area (Å²) in [4.78, 5) is 0. The highest BCUT2D eigenvalue weighted by atomic mass is 16.5. The number of nitrogen functional groups attached to an aromatic ring is 1. The molecular formula is C14H19N3O. The monoisotopic (exact) mass is 245 g/mol. The lowest BCUT2D eigenvalue weighted by Crippen LogP contribution is -1.95. The van der Waals surface area contributed by atoms with Crippen LogP contribution in [0.15, 0.2) is 18.2 Å². The molecule has 0 radical (unpaired) electrons. The number of methoxy groups -OCH3 is 1. The SMILES string of the molecule is COc1ccc(C(C)C)cc1-c1n[nH]c(C)c1N. The Morgan fingerprint density at radius 3 is 2.56 bits per heavy atom. The Kier molecular flexibility index (Phi) is 3.28. The van der Waals surface area contributed by atoms with Gasteiger partial charge in [0.2, 0.25) is 0 Å². The fourth-order valence-electron chi connectivity index (χ4n) is 1.91. The summed E-state index contributed by atoms with van der Waals surface area (Å²) in [6, 6.07) is 6.13. The van der Waals surface area contributed by atoms with Gasteiger partial charge < -0.3 is 10.5 Å². The van der Waals surface area contributed by atoms with Gasteiger partial charge in [-0.1, -0.05) is 19.9 Å². The number of H-pyrrole nitrogens is 1. The molecule has 0 fully saturated rings. The molecule has 4 nitrogen and oxygen atoms in total. The van der Waals surface area contributed by atoms with Crippen LogP contribution in [-0.4, -0.2) is 17.3 Å². The van der Waals surface area contributed by atoms with Crippen LogP contribution in [0, 0.1) is 6.92 Å². The average Bonchev–Trinajstić information content (AvgIpc) is 2.69. The minimum Gasteiger partial charge on any atom is -0.496 e. The van der Waals surface area contributed by atoms with Gasteiger partial charge in [0.25, 0.3) is 0 Å². The third-order valence-corrected chi connectivity index (χ3v) is 3.14. The van der Waals surface area contributed by atoms with Crippen molar-refractivity contribution in [2.24, 2.45) is 0 Å². The number of aromatic amines is 1. The van der Waals surface area contributed by atoms with Gasteiger partial charge in [-0.05, 0) is 30.5 Å². The zero-order valence-electron chi connectivity index (χ0n) is 11.2. The highest BCUT2D eigenvalue weighted by molar-refractivity contribution is 5.78. The molecule has 0 amide bonds. The fraction of sp³-hybridized carbons (Fsp3) is 0.357. The van der Waals surface area contributed by atoms with E-state index >= 15 is 0 Å². The molecule has 1 heterocycles. The summed E-state index contributed by atoms with van der Waals surface area (Å²) in [5, 5.41) is 7.17. The first-order chi connectivity index (χ1) is 8.54. The van der Waals surface area contributed by atoms with Crippen molar-refractivity contribution in [3.05, 3.63) is 29.5 Å². The summed E-state index contributed by atoms with van der Waals surface area (Å²) in [6.07, 6.45) is 0. The van der Waals surface area contributed by atoms with Crippen LogP contribution in [0.1, 0.15) is 31.0 Å². The second kappa shape index (κ2) is 4.72. The van der Waals surface area contributed by atoms with Gasteiger partial charge in [-0.25, -0.2) is 0 Å². The third-order valence-electron chi connectivity index (χ3n) is 3.14. The van der Waals surface area contributed by atoms with E-state index in [1.54, 1.807) is 7.11 Å². The summed E-state index contributed by atoms with van der Waals surface area (Å²) in [5.41, 5.74) is 10.5. The summed E-state index contributed by atoms with van der Waals surface area (Å²) >= 11 is 0. The predicted molar refractivity (Wildman–Crippen MR) is 73.8 cm³/mol. The number of nitrogens with two attached hydrogens (primary N) is 1. The van der Waals surface area contributed by atoms with E-state index < -0.39 is 0 Å². The molecule has 2 aromatic rings. The second-order valence-corrected chi connectivity index (χ2v) is 4.73. The maximum absolute atomic E-state index is 6.04. The van der Waals surface area contributed by atoms with Crippen molar-refractivity contribution in [2.45, 2.75) is 26.7 Å². The van der Waals surface area contributed by atoms with Crippen molar-refractivity contribution >= 4 is 5.69 Å². The van der Waals surface area contributed by atoms with Crippen molar-refractivity contribution in [3.8, 4) is 17.0 Å². The zero-order valence-corrected chi connectivity index (χ0v) is 11.2. The smallest absolute Gasteiger partial charge is 0.128 e. The van der Waals surface area contributed by atoms with Crippen LogP contribution >= 0.6 is 0 Å². The van der Waals surface area contributed by atoms with Crippen LogP contribution in [0.3, 0.4) is 0 Å². The highest BCUT2D eigenvalue weighted by Crippen LogP contribution is 2.35. The Morgan fingerprint density at radius 1 is 1.33 bits per heavy atom. The van der Waals surface area contributed by atoms with Crippen LogP contribution in [0.2, 0.25) is 0 Å². The number of aryl methyl sites for hydroxylation is 1. The normalized spacial score (nSPS) is 10.9. The maximum atomic E-state index is 6.04. The molecule has 96 valence electrons. The number of anilines is 1. The Bertz CT molecular complexity index is 558. The summed E-state index contributed by atoms with van der Waals surface area (Å²) in [5.74, 6) is 1.24. The van der Waals surface area contributed by atoms with Crippen molar-refractivity contribution in [2.75, 3.05) is 12.8 Å². The number of aromatic nitrogens is 2. The maximum Gasteiger partial charge on any atom is 0.128 e. The van der Waals surface area contributed by atoms with Crippen molar-refractivity contribution in [1.82, 2.24) is 10.2 Å². The number of nitrogens with zero attached hydrogens (tertiary/aromatic N) is 1. The van der Waals surface area contributed by atoms with Gasteiger partial charge in [0.1, 0.15) is 11.4 Å². The summed E-state index contributed by atoms with van der Waals surface area (Å²) in [6.45, 7) is 6.22. The average molecular weight is 245 g/mol. The molecule has 0 aliphatic heterocycles. The first-order valence-corrected chi connectivity index (χ1v) is 6.03. The Morgan fingerprint density at radius 2 is 2.06 bits per heavy atom. The molecule has 3 N–H and O–H groups in total. The quantitative estimate of drug-likeness (QED) is 0.873. The first-order valence-electron chi connectivity index (χ1n) is 6.03. The highest BCUT2D eigenvalue weighted by Gasteiger charge is 2.15. The summed E-state index contributed by atoms with van der Waals surface area (Å²) in [7, 11) is 1.66. The van der Waals surface area contributed by atoms with Crippen LogP contribution in [0.25, 0.3) is 11.3 Å². The minimum atomic E-state index is 0.455. The van der Waals surface area contributed by atoms with E-state index in [1.807, 2.05) is 13.0 Å². The molecule has 1 aromatic heterocycles. The third kappa shape index (κ3) is 2.06. The lowest BCUT2D eigenvalue weighted by molar-refractivity contribution is 0.416. The summed E-state index contributed by atoms with van der Waals surface area (Å²) < 4.78 is 5.39. The van der Waals surface area contributed by atoms with E-state index in [0.717, 1.165) is 22.7 Å². The standard InChI is InChI=1S/C14H19N3O/c1-8(2)10-5-6-12(18-4)11(7-10)14-13(15)9(3)16-17-14/h5-8H,15H2,1-4H3,(H,16,17). The molecule has 0 spiro atoms. The van der Waals surface area contributed by atoms with Gasteiger partial charge >= 0.3 is 0 Å². The van der Waals surface area contributed by atoms with Gasteiger partial charge in [0, 0.05) is 5.56 Å². The van der Waals surface area contributed by atoms with Gasteiger partial charge in [0.05, 0.1) is 18.5 Å². The molecule has 0 atom stereocenters. The van der Waals surface area contributed by atoms with Crippen molar-refractivity contribution < 1.29 is 4.74 Å². The molecule has 0 aliphatic rings. The molecule has 0 aliphatic carbocycles. The van der Waals surface area contributed by atoms with Gasteiger partial charge in [-0.2, -0.15) is 5.10 Å². The topological polar surface area (TPSA) is 63.9 Å². The van der Waals surface area contributed by atoms with Crippen LogP contribution in [0.5, 0.6) is 5.75 Å². The number of benzene rings is 1. The molecular weight excluding hydrogens is 226 g/mol. The Labute approximate surface area is 107 Å². The first kappa shape index (κ1) is 12.5. The van der Waals surface area contributed by atoms with Crippen molar-refractivity contribution in [3.63, 3.8) is 0 Å². The lowest BCUT2D eigenvalue weighted by atomic mass is 9.98. The number of nitrogens with one attached hydrogen (secondary N) is 1. The van der Waals surface area contributed by atoms with Gasteiger partial charge in [-0.3, -0.25) is 5.10 Å². The van der Waals surface area contributed by atoms with Gasteiger partial charge in [0.15, 0.2) is 0 Å². The molecule has 2 rings (SSSR count). The molecule has 18 heavy (non-hydrogen) atoms. The van der Waals surface area contributed by atoms with Gasteiger partial charge in [-0.15, -0.1) is 0 Å². The Hall–Kier alpha value is -1.97. The zero-order chi connectivity index (χ0) is 13.3. The van der Waals surface area contributed by atoms with E-state index in [4.69, 9.17) is 10.5 Å². The number of hydrogen-bond acceptors (Lipinski definition) is 3. The van der Waals surface area contributed by atoms with Crippen LogP contribution in [0.4, 0.5) is 5.69 Å². The molecule has 4 heteroatoms. The largest absolute Gasteiger partial charge is 0.496 e. The number of hydrogen-bond donors (Lipinski definition) is 2. The van der Waals surface area contributed by atoms with Crippen LogP contribution in [-0.2, 0) is 0 Å². The molecule has 0 saturated carbocycles. The van der Waals surface area contributed by atoms with Crippen molar-refractivity contribution in [1.29, 1.82) is 0 Å². The van der Waals surface area contributed by atoms with E-state index in [-0.39, 0.29) is 0 Å². The predicted octanol–water partition coefficient (Wildman–Crippen LogP) is 3.10. The van der Waals surface area contributed by atoms with Crippen LogP contribution < -0.4 is 10.5 Å². The van der Waals surface area contributed by atoms with E-state index in [1.165, 1.54) is 5.56 Å². The lowest BCUT2D eigenvalue weighted by Gasteiger charge is -2.11. The number of ether oxygens (including phenoxy) is 1. The van der Waals surface area contributed by atoms with E-state index in [2.05, 4.69) is 36.2 Å². The molecule has 0 bridgehead atoms. The fourth-order valence-corrected chi connectivity index (χ4v) is 1.91. The van der Waals surface area contributed by atoms with E-state index in [9.17, 15) is 0 Å². The van der Waals surface area contributed by atoms with E-state index in [0.29, 0.717) is 11.6 Å². The molecule has 0 saturated heterocycles. The minimum absolute atomic E-state index is 0.455. The molecule has 0 unspecified atom stereocenters. The number of rotatable bonds is 3. The molecule has 1 aromatic carbocycles. The second-order valence-electron chi connectivity index (χ2n) is 4.73.